The Labute approximate surface area is 207 Å². The molecular formula is C26H25N3O5S. The highest BCUT2D eigenvalue weighted by Crippen LogP contribution is 2.37. The molecule has 9 heteroatoms. The molecule has 0 N–H and O–H groups in total. The quantitative estimate of drug-likeness (QED) is 0.214. The molecule has 2 heterocycles. The van der Waals surface area contributed by atoms with Gasteiger partial charge in [0.2, 0.25) is 0 Å². The van der Waals surface area contributed by atoms with Crippen molar-refractivity contribution in [3.05, 3.63) is 80.9 Å². The number of hydrogen-bond donors (Lipinski definition) is 0. The molecule has 0 saturated carbocycles. The lowest BCUT2D eigenvalue weighted by molar-refractivity contribution is -0.384. The third-order valence-corrected chi connectivity index (χ3v) is 6.26. The van der Waals surface area contributed by atoms with E-state index in [4.69, 9.17) is 14.1 Å². The standard InChI is InChI=1S/C26H25N3O5S/c1-16(2)15-28-25(30)24(35-26(28)27-18-7-5-17(3)6-8-18)14-20-10-12-23(34-20)21-13-19(29(31)32)9-11-22(21)33-4/h5-14,16H,15H2,1-4H3/b24-14+,27-26?. The average Bonchev–Trinajstić information content (AvgIpc) is 3.40. The summed E-state index contributed by atoms with van der Waals surface area (Å²) >= 11 is 1.30. The molecule has 0 bridgehead atoms. The first-order chi connectivity index (χ1) is 16.7. The molecule has 2 aromatic carbocycles. The summed E-state index contributed by atoms with van der Waals surface area (Å²) in [7, 11) is 1.49. The fraction of sp³-hybridized carbons (Fsp3) is 0.231. The topological polar surface area (TPSA) is 98.2 Å². The van der Waals surface area contributed by atoms with Crippen LogP contribution < -0.4 is 4.74 Å². The van der Waals surface area contributed by atoms with Crippen LogP contribution in [-0.2, 0) is 4.79 Å². The van der Waals surface area contributed by atoms with Crippen LogP contribution in [0.25, 0.3) is 17.4 Å². The number of thioether (sulfide) groups is 1. The van der Waals surface area contributed by atoms with E-state index in [1.807, 2.05) is 45.0 Å². The van der Waals surface area contributed by atoms with Gasteiger partial charge < -0.3 is 9.15 Å². The normalized spacial score (nSPS) is 16.0. The van der Waals surface area contributed by atoms with Crippen LogP contribution in [0.5, 0.6) is 5.75 Å². The minimum Gasteiger partial charge on any atom is -0.496 e. The number of benzene rings is 2. The molecule has 1 amide bonds. The Bertz CT molecular complexity index is 1330. The highest BCUT2D eigenvalue weighted by Gasteiger charge is 2.34. The van der Waals surface area contributed by atoms with Gasteiger partial charge in [-0.3, -0.25) is 19.8 Å². The van der Waals surface area contributed by atoms with E-state index < -0.39 is 4.92 Å². The van der Waals surface area contributed by atoms with Gasteiger partial charge in [0.05, 0.1) is 28.2 Å². The average molecular weight is 492 g/mol. The minimum absolute atomic E-state index is 0.0695. The summed E-state index contributed by atoms with van der Waals surface area (Å²) in [5.74, 6) is 1.43. The molecule has 0 radical (unpaired) electrons. The zero-order valence-corrected chi connectivity index (χ0v) is 20.7. The molecule has 1 aromatic heterocycles. The van der Waals surface area contributed by atoms with E-state index in [2.05, 4.69) is 0 Å². The van der Waals surface area contributed by atoms with Crippen molar-refractivity contribution in [3.8, 4) is 17.1 Å². The molecule has 1 aliphatic rings. The van der Waals surface area contributed by atoms with E-state index in [1.165, 1.54) is 37.1 Å². The molecule has 0 spiro atoms. The first-order valence-corrected chi connectivity index (χ1v) is 11.9. The summed E-state index contributed by atoms with van der Waals surface area (Å²) in [5, 5.41) is 11.8. The third-order valence-electron chi connectivity index (χ3n) is 5.25. The maximum Gasteiger partial charge on any atom is 0.270 e. The van der Waals surface area contributed by atoms with Crippen LogP contribution in [0, 0.1) is 23.0 Å². The maximum atomic E-state index is 13.2. The summed E-state index contributed by atoms with van der Waals surface area (Å²) in [4.78, 5) is 30.8. The van der Waals surface area contributed by atoms with E-state index in [0.717, 1.165) is 11.3 Å². The zero-order chi connectivity index (χ0) is 25.1. The number of aliphatic imine (C=N–C) groups is 1. The molecule has 0 unspecified atom stereocenters. The lowest BCUT2D eigenvalue weighted by atomic mass is 10.1. The van der Waals surface area contributed by atoms with Gasteiger partial charge in [-0.15, -0.1) is 0 Å². The fourth-order valence-electron chi connectivity index (χ4n) is 3.55. The van der Waals surface area contributed by atoms with Crippen LogP contribution in [0.4, 0.5) is 11.4 Å². The summed E-state index contributed by atoms with van der Waals surface area (Å²) in [6.07, 6.45) is 1.67. The van der Waals surface area contributed by atoms with E-state index in [1.54, 1.807) is 23.1 Å². The number of nitro groups is 1. The van der Waals surface area contributed by atoms with Crippen LogP contribution in [0.1, 0.15) is 25.2 Å². The van der Waals surface area contributed by atoms with E-state index >= 15 is 0 Å². The molecule has 1 saturated heterocycles. The number of aryl methyl sites for hydroxylation is 1. The lowest BCUT2D eigenvalue weighted by Crippen LogP contribution is -2.32. The molecule has 3 aromatic rings. The highest BCUT2D eigenvalue weighted by molar-refractivity contribution is 8.18. The van der Waals surface area contributed by atoms with Crippen molar-refractivity contribution in [1.82, 2.24) is 4.90 Å². The predicted molar refractivity (Wildman–Crippen MR) is 138 cm³/mol. The molecule has 0 atom stereocenters. The number of carbonyl (C=O) groups is 1. The number of nitrogens with zero attached hydrogens (tertiary/aromatic N) is 3. The van der Waals surface area contributed by atoms with Crippen LogP contribution in [-0.4, -0.2) is 34.6 Å². The van der Waals surface area contributed by atoms with Gasteiger partial charge >= 0.3 is 0 Å². The number of carbonyl (C=O) groups excluding carboxylic acids is 1. The number of nitro benzene ring substituents is 1. The Morgan fingerprint density at radius 2 is 1.91 bits per heavy atom. The Morgan fingerprint density at radius 1 is 1.17 bits per heavy atom. The predicted octanol–water partition coefficient (Wildman–Crippen LogP) is 6.43. The van der Waals surface area contributed by atoms with Crippen LogP contribution in [0.15, 0.2) is 68.9 Å². The molecular weight excluding hydrogens is 466 g/mol. The van der Waals surface area contributed by atoms with Gasteiger partial charge in [-0.2, -0.15) is 0 Å². The Kier molecular flexibility index (Phi) is 7.07. The van der Waals surface area contributed by atoms with Crippen molar-refractivity contribution in [2.45, 2.75) is 20.8 Å². The van der Waals surface area contributed by atoms with Crippen molar-refractivity contribution in [2.75, 3.05) is 13.7 Å². The van der Waals surface area contributed by atoms with Gasteiger partial charge in [-0.1, -0.05) is 31.5 Å². The molecule has 0 aliphatic carbocycles. The zero-order valence-electron chi connectivity index (χ0n) is 19.8. The van der Waals surface area contributed by atoms with Gasteiger partial charge in [0.1, 0.15) is 17.3 Å². The number of methoxy groups -OCH3 is 1. The van der Waals surface area contributed by atoms with E-state index in [0.29, 0.717) is 39.5 Å². The fourth-order valence-corrected chi connectivity index (χ4v) is 4.54. The summed E-state index contributed by atoms with van der Waals surface area (Å²) < 4.78 is 11.3. The largest absolute Gasteiger partial charge is 0.496 e. The first-order valence-electron chi connectivity index (χ1n) is 11.0. The number of furan rings is 1. The van der Waals surface area contributed by atoms with Gasteiger partial charge in [-0.25, -0.2) is 4.99 Å². The van der Waals surface area contributed by atoms with Crippen LogP contribution in [0.2, 0.25) is 0 Å². The smallest absolute Gasteiger partial charge is 0.270 e. The summed E-state index contributed by atoms with van der Waals surface area (Å²) in [6.45, 7) is 6.66. The monoisotopic (exact) mass is 491 g/mol. The van der Waals surface area contributed by atoms with Gasteiger partial charge in [0.25, 0.3) is 11.6 Å². The van der Waals surface area contributed by atoms with Gasteiger partial charge in [0, 0.05) is 24.8 Å². The molecule has 1 fully saturated rings. The number of amides is 1. The van der Waals surface area contributed by atoms with Crippen molar-refractivity contribution in [3.63, 3.8) is 0 Å². The molecule has 1 aliphatic heterocycles. The second-order valence-corrected chi connectivity index (χ2v) is 9.50. The van der Waals surface area contributed by atoms with Gasteiger partial charge in [-0.05, 0) is 54.9 Å². The van der Waals surface area contributed by atoms with E-state index in [9.17, 15) is 14.9 Å². The minimum atomic E-state index is -0.471. The molecule has 8 nitrogen and oxygen atoms in total. The number of ether oxygens (including phenoxy) is 1. The lowest BCUT2D eigenvalue weighted by Gasteiger charge is -2.17. The maximum absolute atomic E-state index is 13.2. The van der Waals surface area contributed by atoms with Crippen molar-refractivity contribution >= 4 is 40.3 Å². The third kappa shape index (κ3) is 5.46. The Hall–Kier alpha value is -3.85. The van der Waals surface area contributed by atoms with Gasteiger partial charge in [0.15, 0.2) is 5.17 Å². The van der Waals surface area contributed by atoms with E-state index in [-0.39, 0.29) is 17.5 Å². The SMILES string of the molecule is COc1ccc([N+](=O)[O-])cc1-c1ccc(/C=C2/SC(=Nc3ccc(C)cc3)N(CC(C)C)C2=O)o1. The molecule has 4 rings (SSSR count). The second-order valence-electron chi connectivity index (χ2n) is 8.49. The highest BCUT2D eigenvalue weighted by atomic mass is 32.2. The van der Waals surface area contributed by atoms with Crippen molar-refractivity contribution in [1.29, 1.82) is 0 Å². The molecule has 35 heavy (non-hydrogen) atoms. The number of hydrogen-bond acceptors (Lipinski definition) is 7. The number of amidine groups is 1. The molecule has 180 valence electrons. The Balaban J connectivity index is 1.66. The van der Waals surface area contributed by atoms with Crippen LogP contribution in [0.3, 0.4) is 0 Å². The van der Waals surface area contributed by atoms with Crippen molar-refractivity contribution < 1.29 is 18.9 Å². The van der Waals surface area contributed by atoms with Crippen molar-refractivity contribution in [2.24, 2.45) is 10.9 Å². The summed E-state index contributed by atoms with van der Waals surface area (Å²) in [6, 6.07) is 15.5. The van der Waals surface area contributed by atoms with Crippen LogP contribution >= 0.6 is 11.8 Å². The second kappa shape index (κ2) is 10.2. The number of rotatable bonds is 7. The Morgan fingerprint density at radius 3 is 2.57 bits per heavy atom. The first kappa shape index (κ1) is 24.3. The number of non-ortho nitro benzene ring substituents is 1. The summed E-state index contributed by atoms with van der Waals surface area (Å²) in [5.41, 5.74) is 2.30.